The van der Waals surface area contributed by atoms with Gasteiger partial charge < -0.3 is 19.3 Å². The molecule has 33 heavy (non-hydrogen) atoms. The molecule has 1 N–H and O–H groups in total. The van der Waals surface area contributed by atoms with Gasteiger partial charge in [0, 0.05) is 44.1 Å². The summed E-state index contributed by atoms with van der Waals surface area (Å²) in [6.07, 6.45) is 5.42. The fraction of sp³-hybridized carbons (Fsp3) is 0.680. The van der Waals surface area contributed by atoms with Crippen LogP contribution >= 0.6 is 0 Å². The Bertz CT molecular complexity index is 762. The van der Waals surface area contributed by atoms with Gasteiger partial charge in [-0.2, -0.15) is 0 Å². The van der Waals surface area contributed by atoms with Gasteiger partial charge in [0.25, 0.3) is 0 Å². The molecule has 1 aliphatic carbocycles. The highest BCUT2D eigenvalue weighted by molar-refractivity contribution is 5.88. The third-order valence-corrected chi connectivity index (χ3v) is 5.80. The summed E-state index contributed by atoms with van der Waals surface area (Å²) in [5.41, 5.74) is -1.05. The molecule has 8 heteroatoms. The lowest BCUT2D eigenvalue weighted by molar-refractivity contribution is -0.161. The number of ether oxygens (including phenoxy) is 3. The Morgan fingerprint density at radius 1 is 1.15 bits per heavy atom. The molecular formula is C25H38O8. The number of aliphatic hydroxyl groups is 1. The third-order valence-electron chi connectivity index (χ3n) is 5.80. The fourth-order valence-electron chi connectivity index (χ4n) is 3.80. The summed E-state index contributed by atoms with van der Waals surface area (Å²) in [6, 6.07) is 0. The highest BCUT2D eigenvalue weighted by Gasteiger charge is 2.35. The van der Waals surface area contributed by atoms with Gasteiger partial charge >= 0.3 is 17.9 Å². The number of methoxy groups -OCH3 is 1. The van der Waals surface area contributed by atoms with E-state index >= 15 is 0 Å². The lowest BCUT2D eigenvalue weighted by Gasteiger charge is -2.32. The second-order valence-corrected chi connectivity index (χ2v) is 9.05. The van der Waals surface area contributed by atoms with Crippen molar-refractivity contribution in [1.82, 2.24) is 0 Å². The zero-order chi connectivity index (χ0) is 25.2. The number of hydrogen-bond acceptors (Lipinski definition) is 8. The second kappa shape index (κ2) is 13.3. The van der Waals surface area contributed by atoms with Gasteiger partial charge in [0.15, 0.2) is 0 Å². The van der Waals surface area contributed by atoms with Crippen LogP contribution in [0.4, 0.5) is 0 Å². The summed E-state index contributed by atoms with van der Waals surface area (Å²) in [7, 11) is 1.27. The van der Waals surface area contributed by atoms with E-state index in [2.05, 4.69) is 0 Å². The maximum Gasteiger partial charge on any atom is 0.333 e. The number of Topliss-reactive ketones (excluding diaryl/α,β-unsaturated/α-hetero) is 1. The maximum absolute atomic E-state index is 12.3. The van der Waals surface area contributed by atoms with Gasteiger partial charge in [-0.05, 0) is 32.6 Å². The smallest absolute Gasteiger partial charge is 0.333 e. The maximum atomic E-state index is 12.3. The topological polar surface area (TPSA) is 116 Å². The Morgan fingerprint density at radius 3 is 2.33 bits per heavy atom. The van der Waals surface area contributed by atoms with E-state index in [1.165, 1.54) is 21.0 Å². The minimum absolute atomic E-state index is 0.101. The molecule has 0 amide bonds. The number of rotatable bonds is 7. The van der Waals surface area contributed by atoms with Gasteiger partial charge in [0.2, 0.25) is 0 Å². The summed E-state index contributed by atoms with van der Waals surface area (Å²) < 4.78 is 15.8. The Morgan fingerprint density at radius 2 is 1.79 bits per heavy atom. The molecule has 4 atom stereocenters. The largest absolute Gasteiger partial charge is 0.466 e. The van der Waals surface area contributed by atoms with E-state index in [0.717, 1.165) is 0 Å². The molecule has 1 unspecified atom stereocenters. The van der Waals surface area contributed by atoms with Crippen LogP contribution in [0, 0.1) is 11.8 Å². The number of ketones is 1. The van der Waals surface area contributed by atoms with E-state index in [1.54, 1.807) is 19.1 Å². The number of hydrogen-bond donors (Lipinski definition) is 1. The van der Waals surface area contributed by atoms with E-state index in [1.807, 2.05) is 19.9 Å². The van der Waals surface area contributed by atoms with Crippen LogP contribution in [0.1, 0.15) is 73.1 Å². The average molecular weight is 467 g/mol. The van der Waals surface area contributed by atoms with Crippen LogP contribution in [-0.4, -0.2) is 53.7 Å². The van der Waals surface area contributed by atoms with Crippen LogP contribution in [0.3, 0.4) is 0 Å². The van der Waals surface area contributed by atoms with E-state index in [4.69, 9.17) is 14.2 Å². The predicted octanol–water partition coefficient (Wildman–Crippen LogP) is 3.45. The first-order valence-corrected chi connectivity index (χ1v) is 11.4. The number of carbonyl (C=O) groups excluding carboxylic acids is 4. The molecule has 0 spiro atoms. The molecule has 0 heterocycles. The number of carbonyl (C=O) groups is 4. The normalized spacial score (nSPS) is 29.0. The first-order chi connectivity index (χ1) is 15.4. The summed E-state index contributed by atoms with van der Waals surface area (Å²) >= 11 is 0. The SMILES string of the molecule is COC(=O)/C1=C/CC(OC(C)=O)[C@H](CCC(=O)C(C)C)/C=C\C[C@](C)(O)[C@H](OC(C)=O)CC1. The van der Waals surface area contributed by atoms with Crippen molar-refractivity contribution in [1.29, 1.82) is 0 Å². The van der Waals surface area contributed by atoms with Gasteiger partial charge in [-0.15, -0.1) is 0 Å². The van der Waals surface area contributed by atoms with Crippen molar-refractivity contribution in [2.45, 2.75) is 91.0 Å². The van der Waals surface area contributed by atoms with E-state index in [0.29, 0.717) is 18.4 Å². The summed E-state index contributed by atoms with van der Waals surface area (Å²) in [4.78, 5) is 48.0. The molecule has 8 nitrogen and oxygen atoms in total. The molecule has 0 aliphatic heterocycles. The van der Waals surface area contributed by atoms with Crippen LogP contribution in [0.25, 0.3) is 0 Å². The van der Waals surface area contributed by atoms with Crippen molar-refractivity contribution in [3.63, 3.8) is 0 Å². The van der Waals surface area contributed by atoms with Crippen molar-refractivity contribution >= 4 is 23.7 Å². The standard InChI is InChI=1S/C25H38O8/c1-16(2)21(28)12-9-19-8-7-15-25(5,30)23(33-18(4)27)14-11-20(24(29)31-6)10-13-22(19)32-17(3)26/h7-8,10,16,19,22-23,30H,9,11-15H2,1-6H3/b8-7-,20-10+/t19-,22?,23+,25-/m0/s1. The Labute approximate surface area is 196 Å². The third kappa shape index (κ3) is 9.90. The van der Waals surface area contributed by atoms with Crippen LogP contribution in [0.5, 0.6) is 0 Å². The Hall–Kier alpha value is -2.48. The Balaban J connectivity index is 3.36. The fourth-order valence-corrected chi connectivity index (χ4v) is 3.80. The molecule has 0 aromatic rings. The van der Waals surface area contributed by atoms with Crippen molar-refractivity contribution < 1.29 is 38.5 Å². The van der Waals surface area contributed by atoms with Crippen molar-refractivity contribution in [2.75, 3.05) is 7.11 Å². The molecule has 0 fully saturated rings. The van der Waals surface area contributed by atoms with Crippen molar-refractivity contribution in [2.24, 2.45) is 11.8 Å². The summed E-state index contributed by atoms with van der Waals surface area (Å²) in [5, 5.41) is 11.0. The highest BCUT2D eigenvalue weighted by atomic mass is 16.6. The summed E-state index contributed by atoms with van der Waals surface area (Å²) in [5.74, 6) is -1.85. The zero-order valence-corrected chi connectivity index (χ0v) is 20.6. The quantitative estimate of drug-likeness (QED) is 0.344. The van der Waals surface area contributed by atoms with Gasteiger partial charge in [0.1, 0.15) is 23.6 Å². The highest BCUT2D eigenvalue weighted by Crippen LogP contribution is 2.29. The molecule has 1 aliphatic rings. The molecule has 0 radical (unpaired) electrons. The van der Waals surface area contributed by atoms with Crippen LogP contribution in [-0.2, 0) is 33.4 Å². The molecule has 0 aromatic heterocycles. The molecule has 0 saturated carbocycles. The number of esters is 3. The molecule has 1 rings (SSSR count). The monoisotopic (exact) mass is 466 g/mol. The molecule has 186 valence electrons. The van der Waals surface area contributed by atoms with Crippen molar-refractivity contribution in [3.8, 4) is 0 Å². The zero-order valence-electron chi connectivity index (χ0n) is 20.6. The lowest BCUT2D eigenvalue weighted by Crippen LogP contribution is -2.42. The van der Waals surface area contributed by atoms with E-state index in [9.17, 15) is 24.3 Å². The van der Waals surface area contributed by atoms with E-state index < -0.39 is 35.7 Å². The van der Waals surface area contributed by atoms with E-state index in [-0.39, 0.29) is 43.3 Å². The minimum Gasteiger partial charge on any atom is -0.466 e. The first-order valence-electron chi connectivity index (χ1n) is 11.4. The molecule has 0 aromatic carbocycles. The van der Waals surface area contributed by atoms with Crippen molar-refractivity contribution in [3.05, 3.63) is 23.8 Å². The van der Waals surface area contributed by atoms with Crippen LogP contribution < -0.4 is 0 Å². The van der Waals surface area contributed by atoms with Crippen LogP contribution in [0.15, 0.2) is 23.8 Å². The van der Waals surface area contributed by atoms with Gasteiger partial charge in [-0.25, -0.2) is 4.79 Å². The molecule has 0 bridgehead atoms. The van der Waals surface area contributed by atoms with Gasteiger partial charge in [0.05, 0.1) is 7.11 Å². The predicted molar refractivity (Wildman–Crippen MR) is 122 cm³/mol. The van der Waals surface area contributed by atoms with Gasteiger partial charge in [-0.1, -0.05) is 32.1 Å². The second-order valence-electron chi connectivity index (χ2n) is 9.05. The minimum atomic E-state index is -1.39. The lowest BCUT2D eigenvalue weighted by atomic mass is 9.86. The first kappa shape index (κ1) is 28.6. The average Bonchev–Trinajstić information content (AvgIpc) is 2.72. The molecule has 0 saturated heterocycles. The summed E-state index contributed by atoms with van der Waals surface area (Å²) in [6.45, 7) is 7.82. The van der Waals surface area contributed by atoms with Gasteiger partial charge in [-0.3, -0.25) is 14.4 Å². The molecular weight excluding hydrogens is 428 g/mol. The van der Waals surface area contributed by atoms with Crippen LogP contribution in [0.2, 0.25) is 0 Å². The Kier molecular flexibility index (Phi) is 11.5.